The van der Waals surface area contributed by atoms with Gasteiger partial charge in [0, 0.05) is 15.6 Å². The van der Waals surface area contributed by atoms with E-state index >= 15 is 0 Å². The van der Waals surface area contributed by atoms with Gasteiger partial charge in [-0.3, -0.25) is 4.79 Å². The maximum absolute atomic E-state index is 12.7. The van der Waals surface area contributed by atoms with Gasteiger partial charge >= 0.3 is 0 Å². The van der Waals surface area contributed by atoms with E-state index in [9.17, 15) is 4.79 Å². The van der Waals surface area contributed by atoms with Gasteiger partial charge in [-0.25, -0.2) is 4.68 Å². The summed E-state index contributed by atoms with van der Waals surface area (Å²) in [4.78, 5) is 12.7. The Morgan fingerprint density at radius 3 is 2.58 bits per heavy atom. The molecule has 33 heavy (non-hydrogen) atoms. The van der Waals surface area contributed by atoms with E-state index in [1.54, 1.807) is 77.7 Å². The number of benzene rings is 3. The minimum absolute atomic E-state index is 0.177. The van der Waals surface area contributed by atoms with Gasteiger partial charge in [0.15, 0.2) is 6.73 Å². The molecule has 4 aromatic rings. The van der Waals surface area contributed by atoms with Gasteiger partial charge in [0.05, 0.1) is 23.1 Å². The Bertz CT molecular complexity index is 1280. The number of anilines is 1. The molecule has 6 nitrogen and oxygen atoms in total. The maximum atomic E-state index is 12.7. The van der Waals surface area contributed by atoms with Gasteiger partial charge in [-0.05, 0) is 54.1 Å². The van der Waals surface area contributed by atoms with Crippen LogP contribution in [0.3, 0.4) is 0 Å². The molecule has 0 saturated carbocycles. The van der Waals surface area contributed by atoms with Crippen LogP contribution in [-0.2, 0) is 13.3 Å². The normalized spacial score (nSPS) is 10.6. The zero-order valence-electron chi connectivity index (χ0n) is 17.2. The lowest BCUT2D eigenvalue weighted by molar-refractivity contribution is 0.102. The Kier molecular flexibility index (Phi) is 7.40. The minimum atomic E-state index is -0.267. The highest BCUT2D eigenvalue weighted by Gasteiger charge is 2.10. The van der Waals surface area contributed by atoms with Gasteiger partial charge < -0.3 is 14.8 Å². The van der Waals surface area contributed by atoms with Crippen molar-refractivity contribution in [2.75, 3.05) is 5.32 Å². The van der Waals surface area contributed by atoms with Crippen molar-refractivity contribution in [2.45, 2.75) is 13.3 Å². The molecule has 0 saturated heterocycles. The van der Waals surface area contributed by atoms with E-state index in [-0.39, 0.29) is 19.2 Å². The molecule has 1 heterocycles. The number of halogens is 3. The van der Waals surface area contributed by atoms with E-state index in [0.29, 0.717) is 37.8 Å². The molecule has 9 heteroatoms. The van der Waals surface area contributed by atoms with Gasteiger partial charge in [-0.15, -0.1) is 0 Å². The van der Waals surface area contributed by atoms with Crippen molar-refractivity contribution in [2.24, 2.45) is 0 Å². The lowest BCUT2D eigenvalue weighted by Crippen LogP contribution is -2.12. The summed E-state index contributed by atoms with van der Waals surface area (Å²) in [6.07, 6.45) is 3.23. The number of hydrogen-bond donors (Lipinski definition) is 1. The molecule has 0 aliphatic rings. The van der Waals surface area contributed by atoms with Crippen LogP contribution < -0.4 is 14.8 Å². The number of rotatable bonds is 8. The molecule has 4 rings (SSSR count). The first-order valence-electron chi connectivity index (χ1n) is 9.85. The SMILES string of the molecule is O=C(Nc1cnn(COc2cccc(Cl)c2)c1)c1cccc(COc2ccc(Cl)cc2Cl)c1. The fraction of sp³-hybridized carbons (Fsp3) is 0.0833. The van der Waals surface area contributed by atoms with E-state index in [0.717, 1.165) is 5.56 Å². The van der Waals surface area contributed by atoms with Crippen molar-refractivity contribution >= 4 is 46.4 Å². The summed E-state index contributed by atoms with van der Waals surface area (Å²) in [5.41, 5.74) is 1.85. The van der Waals surface area contributed by atoms with Crippen LogP contribution >= 0.6 is 34.8 Å². The molecule has 0 atom stereocenters. The Hall–Kier alpha value is -3.19. The van der Waals surface area contributed by atoms with Crippen molar-refractivity contribution in [1.82, 2.24) is 9.78 Å². The molecule has 0 spiro atoms. The summed E-state index contributed by atoms with van der Waals surface area (Å²) >= 11 is 18.0. The second-order valence-corrected chi connectivity index (χ2v) is 8.30. The number of carbonyl (C=O) groups is 1. The predicted octanol–water partition coefficient (Wildman–Crippen LogP) is 6.71. The fourth-order valence-corrected chi connectivity index (χ4v) is 3.60. The van der Waals surface area contributed by atoms with Gasteiger partial charge in [0.2, 0.25) is 0 Å². The average Bonchev–Trinajstić information content (AvgIpc) is 3.24. The Labute approximate surface area is 205 Å². The minimum Gasteiger partial charge on any atom is -0.487 e. The lowest BCUT2D eigenvalue weighted by atomic mass is 10.1. The Morgan fingerprint density at radius 1 is 0.939 bits per heavy atom. The number of aromatic nitrogens is 2. The summed E-state index contributed by atoms with van der Waals surface area (Å²) in [7, 11) is 0. The first kappa shape index (κ1) is 23.0. The number of nitrogens with zero attached hydrogens (tertiary/aromatic N) is 2. The van der Waals surface area contributed by atoms with Gasteiger partial charge in [0.1, 0.15) is 18.1 Å². The van der Waals surface area contributed by atoms with E-state index in [4.69, 9.17) is 44.3 Å². The molecular weight excluding hydrogens is 485 g/mol. The standard InChI is InChI=1S/C24H18Cl3N3O3/c25-18-5-2-6-21(10-18)33-15-30-13-20(12-28-30)29-24(31)17-4-1-3-16(9-17)14-32-23-8-7-19(26)11-22(23)27/h1-13H,14-15H2,(H,29,31). The highest BCUT2D eigenvalue weighted by molar-refractivity contribution is 6.35. The number of amides is 1. The van der Waals surface area contributed by atoms with Crippen molar-refractivity contribution in [1.29, 1.82) is 0 Å². The Morgan fingerprint density at radius 2 is 1.76 bits per heavy atom. The molecule has 168 valence electrons. The Balaban J connectivity index is 1.34. The maximum Gasteiger partial charge on any atom is 0.255 e. The highest BCUT2D eigenvalue weighted by atomic mass is 35.5. The second-order valence-electron chi connectivity index (χ2n) is 7.02. The summed E-state index contributed by atoms with van der Waals surface area (Å²) in [6, 6.07) is 19.2. The van der Waals surface area contributed by atoms with Gasteiger partial charge in [-0.2, -0.15) is 5.10 Å². The van der Waals surface area contributed by atoms with Crippen LogP contribution in [0.1, 0.15) is 15.9 Å². The second kappa shape index (κ2) is 10.6. The topological polar surface area (TPSA) is 65.4 Å². The van der Waals surface area contributed by atoms with E-state index in [1.807, 2.05) is 6.07 Å². The van der Waals surface area contributed by atoms with Crippen LogP contribution in [-0.4, -0.2) is 15.7 Å². The summed E-state index contributed by atoms with van der Waals surface area (Å²) in [6.45, 7) is 0.428. The predicted molar refractivity (Wildman–Crippen MR) is 129 cm³/mol. The lowest BCUT2D eigenvalue weighted by Gasteiger charge is -2.09. The summed E-state index contributed by atoms with van der Waals surface area (Å²) in [5, 5.41) is 8.57. The first-order valence-corrected chi connectivity index (χ1v) is 11.0. The molecular formula is C24H18Cl3N3O3. The molecule has 1 amide bonds. The zero-order valence-corrected chi connectivity index (χ0v) is 19.4. The molecule has 0 aliphatic carbocycles. The number of ether oxygens (including phenoxy) is 2. The number of hydrogen-bond acceptors (Lipinski definition) is 4. The molecule has 1 aromatic heterocycles. The molecule has 3 aromatic carbocycles. The first-order chi connectivity index (χ1) is 16.0. The number of nitrogens with one attached hydrogen (secondary N) is 1. The molecule has 0 aliphatic heterocycles. The fourth-order valence-electron chi connectivity index (χ4n) is 2.96. The van der Waals surface area contributed by atoms with Crippen LogP contribution in [0.25, 0.3) is 0 Å². The zero-order chi connectivity index (χ0) is 23.2. The van der Waals surface area contributed by atoms with E-state index < -0.39 is 0 Å². The third-order valence-electron chi connectivity index (χ3n) is 4.53. The van der Waals surface area contributed by atoms with Crippen LogP contribution in [0.5, 0.6) is 11.5 Å². The van der Waals surface area contributed by atoms with E-state index in [2.05, 4.69) is 10.4 Å². The number of carbonyl (C=O) groups excluding carboxylic acids is 1. The summed E-state index contributed by atoms with van der Waals surface area (Å²) < 4.78 is 13.0. The smallest absolute Gasteiger partial charge is 0.255 e. The molecule has 0 unspecified atom stereocenters. The van der Waals surface area contributed by atoms with E-state index in [1.165, 1.54) is 0 Å². The average molecular weight is 503 g/mol. The van der Waals surface area contributed by atoms with Gasteiger partial charge in [-0.1, -0.05) is 53.0 Å². The third-order valence-corrected chi connectivity index (χ3v) is 5.29. The monoisotopic (exact) mass is 501 g/mol. The van der Waals surface area contributed by atoms with Crippen LogP contribution in [0.4, 0.5) is 5.69 Å². The van der Waals surface area contributed by atoms with Crippen molar-refractivity contribution in [3.63, 3.8) is 0 Å². The van der Waals surface area contributed by atoms with Crippen molar-refractivity contribution < 1.29 is 14.3 Å². The summed E-state index contributed by atoms with van der Waals surface area (Å²) in [5.74, 6) is 0.877. The van der Waals surface area contributed by atoms with Crippen molar-refractivity contribution in [3.05, 3.63) is 105 Å². The van der Waals surface area contributed by atoms with Crippen LogP contribution in [0.15, 0.2) is 79.1 Å². The molecule has 0 radical (unpaired) electrons. The molecule has 1 N–H and O–H groups in total. The van der Waals surface area contributed by atoms with Gasteiger partial charge in [0.25, 0.3) is 5.91 Å². The molecule has 0 fully saturated rings. The third kappa shape index (κ3) is 6.42. The highest BCUT2D eigenvalue weighted by Crippen LogP contribution is 2.28. The van der Waals surface area contributed by atoms with Crippen LogP contribution in [0.2, 0.25) is 15.1 Å². The van der Waals surface area contributed by atoms with Crippen LogP contribution in [0, 0.1) is 0 Å². The molecule has 0 bridgehead atoms. The quantitative estimate of drug-likeness (QED) is 0.291. The van der Waals surface area contributed by atoms with Crippen molar-refractivity contribution in [3.8, 4) is 11.5 Å². The largest absolute Gasteiger partial charge is 0.487 e.